The third kappa shape index (κ3) is 8.19. The van der Waals surface area contributed by atoms with Crippen LogP contribution >= 0.6 is 22.9 Å². The molecular formula is C24H35ClN4O3S. The number of carbonyl (C=O) groups excluding carboxylic acids is 1. The van der Waals surface area contributed by atoms with Crippen LogP contribution in [0.1, 0.15) is 71.7 Å². The molecule has 1 aromatic carbocycles. The van der Waals surface area contributed by atoms with E-state index in [0.717, 1.165) is 24.2 Å². The Morgan fingerprint density at radius 2 is 1.94 bits per heavy atom. The summed E-state index contributed by atoms with van der Waals surface area (Å²) in [5.74, 6) is 0.516. The number of hydrazone groups is 1. The first-order chi connectivity index (χ1) is 15.3. The van der Waals surface area contributed by atoms with E-state index in [1.165, 1.54) is 11.1 Å². The van der Waals surface area contributed by atoms with Crippen LogP contribution in [-0.2, 0) is 16.7 Å². The number of halogens is 1. The average molecular weight is 495 g/mol. The molecule has 0 atom stereocenters. The Labute approximate surface area is 205 Å². The van der Waals surface area contributed by atoms with E-state index < -0.39 is 11.7 Å². The number of carbonyl (C=O) groups is 1. The van der Waals surface area contributed by atoms with Gasteiger partial charge in [0, 0.05) is 28.2 Å². The first-order valence-corrected chi connectivity index (χ1v) is 12.2. The Morgan fingerprint density at radius 1 is 1.24 bits per heavy atom. The number of ether oxygens (including phenoxy) is 2. The second kappa shape index (κ2) is 11.2. The van der Waals surface area contributed by atoms with Crippen molar-refractivity contribution in [1.82, 2.24) is 9.99 Å². The highest BCUT2D eigenvalue weighted by molar-refractivity contribution is 7.09. The quantitative estimate of drug-likeness (QED) is 0.357. The first-order valence-electron chi connectivity index (χ1n) is 11.0. The second-order valence-corrected chi connectivity index (χ2v) is 11.2. The SMILES string of the molecule is CCCCn1cc(C(C)(C)C)s/c1=N\c1cc(Cl)cc(C=NNC(=O)OC(C)(C)C)c1OC. The van der Waals surface area contributed by atoms with Crippen LogP contribution in [0.3, 0.4) is 0 Å². The third-order valence-corrected chi connectivity index (χ3v) is 6.12. The molecule has 0 saturated heterocycles. The Morgan fingerprint density at radius 3 is 2.52 bits per heavy atom. The van der Waals surface area contributed by atoms with Gasteiger partial charge >= 0.3 is 6.09 Å². The maximum absolute atomic E-state index is 11.9. The van der Waals surface area contributed by atoms with Crippen LogP contribution in [-0.4, -0.2) is 29.6 Å². The molecule has 0 aliphatic heterocycles. The number of nitrogens with one attached hydrogen (secondary N) is 1. The van der Waals surface area contributed by atoms with Crippen molar-refractivity contribution in [2.45, 2.75) is 78.9 Å². The van der Waals surface area contributed by atoms with Gasteiger partial charge in [0.2, 0.25) is 0 Å². The number of hydrogen-bond acceptors (Lipinski definition) is 6. The summed E-state index contributed by atoms with van der Waals surface area (Å²) >= 11 is 8.04. The molecule has 0 unspecified atom stereocenters. The summed E-state index contributed by atoms with van der Waals surface area (Å²) in [5.41, 5.74) is 2.95. The molecule has 0 fully saturated rings. The van der Waals surface area contributed by atoms with E-state index in [4.69, 9.17) is 26.1 Å². The number of aryl methyl sites for hydroxylation is 1. The summed E-state index contributed by atoms with van der Waals surface area (Å²) in [5, 5.41) is 4.47. The van der Waals surface area contributed by atoms with Crippen LogP contribution in [0.2, 0.25) is 5.02 Å². The van der Waals surface area contributed by atoms with Gasteiger partial charge in [0.1, 0.15) is 11.3 Å². The molecule has 0 radical (unpaired) electrons. The van der Waals surface area contributed by atoms with E-state index in [-0.39, 0.29) is 5.41 Å². The Bertz CT molecular complexity index is 1060. The largest absolute Gasteiger partial charge is 0.494 e. The molecule has 0 aliphatic carbocycles. The van der Waals surface area contributed by atoms with Gasteiger partial charge in [-0.25, -0.2) is 15.2 Å². The van der Waals surface area contributed by atoms with Gasteiger partial charge in [0.25, 0.3) is 0 Å². The predicted octanol–water partition coefficient (Wildman–Crippen LogP) is 6.40. The molecule has 1 heterocycles. The zero-order valence-corrected chi connectivity index (χ0v) is 22.4. The second-order valence-electron chi connectivity index (χ2n) is 9.71. The molecular weight excluding hydrogens is 460 g/mol. The topological polar surface area (TPSA) is 77.2 Å². The van der Waals surface area contributed by atoms with Crippen molar-refractivity contribution in [2.24, 2.45) is 10.1 Å². The summed E-state index contributed by atoms with van der Waals surface area (Å²) in [6.45, 7) is 15.0. The number of nitrogens with zero attached hydrogens (tertiary/aromatic N) is 3. The zero-order chi connectivity index (χ0) is 24.8. The molecule has 2 aromatic rings. The van der Waals surface area contributed by atoms with E-state index in [0.29, 0.717) is 22.0 Å². The molecule has 182 valence electrons. The molecule has 33 heavy (non-hydrogen) atoms. The number of thiazole rings is 1. The number of unbranched alkanes of at least 4 members (excludes halogenated alkanes) is 1. The molecule has 1 N–H and O–H groups in total. The van der Waals surface area contributed by atoms with Crippen molar-refractivity contribution in [1.29, 1.82) is 0 Å². The highest BCUT2D eigenvalue weighted by atomic mass is 35.5. The predicted molar refractivity (Wildman–Crippen MR) is 136 cm³/mol. The molecule has 0 bridgehead atoms. The van der Waals surface area contributed by atoms with E-state index in [2.05, 4.69) is 49.0 Å². The van der Waals surface area contributed by atoms with E-state index in [1.807, 2.05) is 0 Å². The number of aromatic nitrogens is 1. The molecule has 0 saturated carbocycles. The number of methoxy groups -OCH3 is 1. The summed E-state index contributed by atoms with van der Waals surface area (Å²) in [6, 6.07) is 3.47. The maximum Gasteiger partial charge on any atom is 0.428 e. The lowest BCUT2D eigenvalue weighted by atomic mass is 9.95. The molecule has 0 aliphatic rings. The number of amides is 1. The van der Waals surface area contributed by atoms with Gasteiger partial charge in [0.15, 0.2) is 10.6 Å². The smallest absolute Gasteiger partial charge is 0.428 e. The minimum atomic E-state index is -0.644. The Balaban J connectivity index is 2.47. The summed E-state index contributed by atoms with van der Waals surface area (Å²) in [4.78, 5) is 18.9. The molecule has 7 nitrogen and oxygen atoms in total. The van der Waals surface area contributed by atoms with Crippen molar-refractivity contribution < 1.29 is 14.3 Å². The minimum absolute atomic E-state index is 0.0238. The van der Waals surface area contributed by atoms with Gasteiger partial charge < -0.3 is 14.0 Å². The summed E-state index contributed by atoms with van der Waals surface area (Å²) in [7, 11) is 1.57. The highest BCUT2D eigenvalue weighted by Gasteiger charge is 2.19. The van der Waals surface area contributed by atoms with Crippen LogP contribution in [0.15, 0.2) is 28.4 Å². The zero-order valence-electron chi connectivity index (χ0n) is 20.8. The Kier molecular flexibility index (Phi) is 9.14. The van der Waals surface area contributed by atoms with Crippen molar-refractivity contribution in [2.75, 3.05) is 7.11 Å². The van der Waals surface area contributed by atoms with Crippen LogP contribution in [0, 0.1) is 0 Å². The van der Waals surface area contributed by atoms with E-state index >= 15 is 0 Å². The maximum atomic E-state index is 11.9. The van der Waals surface area contributed by atoms with Crippen molar-refractivity contribution in [3.8, 4) is 5.75 Å². The number of benzene rings is 1. The lowest BCUT2D eigenvalue weighted by Gasteiger charge is -2.18. The van der Waals surface area contributed by atoms with Crippen LogP contribution in [0.4, 0.5) is 10.5 Å². The van der Waals surface area contributed by atoms with Crippen molar-refractivity contribution in [3.63, 3.8) is 0 Å². The summed E-state index contributed by atoms with van der Waals surface area (Å²) in [6.07, 6.45) is 5.17. The lowest BCUT2D eigenvalue weighted by Crippen LogP contribution is -2.29. The average Bonchev–Trinajstić information content (AvgIpc) is 3.08. The van der Waals surface area contributed by atoms with Gasteiger partial charge in [-0.2, -0.15) is 5.10 Å². The minimum Gasteiger partial charge on any atom is -0.494 e. The standard InChI is InChI=1S/C24H35ClN4O3S/c1-9-10-11-29-15-19(23(2,3)4)33-21(29)27-18-13-17(25)12-16(20(18)31-8)14-26-28-22(30)32-24(5,6)7/h12-15H,9-11H2,1-8H3,(H,28,30)/b26-14?,27-21-. The number of rotatable bonds is 7. The third-order valence-electron chi connectivity index (χ3n) is 4.45. The summed E-state index contributed by atoms with van der Waals surface area (Å²) < 4.78 is 13.0. The van der Waals surface area contributed by atoms with E-state index in [9.17, 15) is 4.79 Å². The van der Waals surface area contributed by atoms with Crippen LogP contribution in [0.5, 0.6) is 5.75 Å². The molecule has 0 spiro atoms. The Hall–Kier alpha value is -2.32. The normalized spacial score (nSPS) is 12.9. The molecule has 2 rings (SSSR count). The molecule has 9 heteroatoms. The van der Waals surface area contributed by atoms with Crippen LogP contribution < -0.4 is 15.0 Å². The van der Waals surface area contributed by atoms with Gasteiger partial charge in [-0.3, -0.25) is 0 Å². The first kappa shape index (κ1) is 26.9. The highest BCUT2D eigenvalue weighted by Crippen LogP contribution is 2.34. The molecule has 1 aromatic heterocycles. The van der Waals surface area contributed by atoms with Crippen molar-refractivity contribution >= 4 is 40.9 Å². The van der Waals surface area contributed by atoms with Crippen LogP contribution in [0.25, 0.3) is 0 Å². The van der Waals surface area contributed by atoms with Gasteiger partial charge in [-0.05, 0) is 44.7 Å². The van der Waals surface area contributed by atoms with E-state index in [1.54, 1.807) is 51.4 Å². The fourth-order valence-electron chi connectivity index (χ4n) is 2.86. The van der Waals surface area contributed by atoms with Gasteiger partial charge in [0.05, 0.1) is 13.3 Å². The fourth-order valence-corrected chi connectivity index (χ4v) is 4.17. The van der Waals surface area contributed by atoms with Crippen molar-refractivity contribution in [3.05, 3.63) is 38.6 Å². The molecule has 1 amide bonds. The lowest BCUT2D eigenvalue weighted by molar-refractivity contribution is 0.0529. The van der Waals surface area contributed by atoms with Gasteiger partial charge in [-0.1, -0.05) is 45.7 Å². The van der Waals surface area contributed by atoms with Gasteiger partial charge in [-0.15, -0.1) is 11.3 Å². The monoisotopic (exact) mass is 494 g/mol. The number of hydrogen-bond donors (Lipinski definition) is 1. The fraction of sp³-hybridized carbons (Fsp3) is 0.542.